The molecule has 1 aromatic heterocycles. The standard InChI is InChI=1S/C28H35N5O3/c1-17(2)27(35)31-22-13-23(28(36)32(18(3)4)16-21-11-12-25(34)30-21)26-24(14-22)29-19(5)33(26)15-20-9-7-6-8-10-20/h6-10,13-14,17-18,21H,11-12,15-16H2,1-5H3,(H,30,34)(H,31,35)/t21-/m1/s1. The minimum absolute atomic E-state index is 0.0218. The molecular formula is C28H35N5O3. The van der Waals surface area contributed by atoms with E-state index < -0.39 is 0 Å². The second-order valence-corrected chi connectivity index (χ2v) is 10.1. The highest BCUT2D eigenvalue weighted by Gasteiger charge is 2.29. The Labute approximate surface area is 212 Å². The molecule has 0 aliphatic carbocycles. The molecule has 3 aromatic rings. The smallest absolute Gasteiger partial charge is 0.256 e. The van der Waals surface area contributed by atoms with E-state index in [2.05, 4.69) is 15.2 Å². The Morgan fingerprint density at radius 2 is 1.89 bits per heavy atom. The summed E-state index contributed by atoms with van der Waals surface area (Å²) in [6, 6.07) is 13.5. The number of carbonyl (C=O) groups is 3. The van der Waals surface area contributed by atoms with Gasteiger partial charge in [-0.3, -0.25) is 14.4 Å². The number of aromatic nitrogens is 2. The molecule has 4 rings (SSSR count). The maximum Gasteiger partial charge on any atom is 0.256 e. The second kappa shape index (κ2) is 10.5. The second-order valence-electron chi connectivity index (χ2n) is 10.1. The topological polar surface area (TPSA) is 96.3 Å². The molecule has 1 atom stereocenters. The van der Waals surface area contributed by atoms with Gasteiger partial charge in [0.05, 0.1) is 16.6 Å². The first-order valence-electron chi connectivity index (χ1n) is 12.6. The molecule has 8 nitrogen and oxygen atoms in total. The first kappa shape index (κ1) is 25.4. The normalized spacial score (nSPS) is 15.5. The summed E-state index contributed by atoms with van der Waals surface area (Å²) in [5.74, 6) is 0.340. The summed E-state index contributed by atoms with van der Waals surface area (Å²) < 4.78 is 2.06. The van der Waals surface area contributed by atoms with E-state index in [-0.39, 0.29) is 35.7 Å². The van der Waals surface area contributed by atoms with Crippen molar-refractivity contribution >= 4 is 34.4 Å². The Kier molecular flexibility index (Phi) is 7.43. The van der Waals surface area contributed by atoms with Crippen LogP contribution in [-0.2, 0) is 16.1 Å². The fourth-order valence-corrected chi connectivity index (χ4v) is 4.60. The zero-order chi connectivity index (χ0) is 26.0. The number of hydrogen-bond donors (Lipinski definition) is 2. The highest BCUT2D eigenvalue weighted by Crippen LogP contribution is 2.28. The lowest BCUT2D eigenvalue weighted by molar-refractivity contribution is -0.120. The Bertz CT molecular complexity index is 1280. The van der Waals surface area contributed by atoms with E-state index in [0.29, 0.717) is 42.7 Å². The van der Waals surface area contributed by atoms with Crippen molar-refractivity contribution in [2.45, 2.75) is 66.1 Å². The van der Waals surface area contributed by atoms with Gasteiger partial charge in [-0.2, -0.15) is 0 Å². The van der Waals surface area contributed by atoms with Gasteiger partial charge in [0.2, 0.25) is 11.8 Å². The Morgan fingerprint density at radius 1 is 1.17 bits per heavy atom. The van der Waals surface area contributed by atoms with Crippen molar-refractivity contribution in [3.63, 3.8) is 0 Å². The van der Waals surface area contributed by atoms with Gasteiger partial charge >= 0.3 is 0 Å². The Morgan fingerprint density at radius 3 is 2.50 bits per heavy atom. The summed E-state index contributed by atoms with van der Waals surface area (Å²) in [7, 11) is 0. The lowest BCUT2D eigenvalue weighted by atomic mass is 10.1. The highest BCUT2D eigenvalue weighted by molar-refractivity contribution is 6.08. The molecule has 190 valence electrons. The molecule has 0 radical (unpaired) electrons. The van der Waals surface area contributed by atoms with Crippen molar-refractivity contribution < 1.29 is 14.4 Å². The molecule has 1 saturated heterocycles. The average molecular weight is 490 g/mol. The molecule has 0 unspecified atom stereocenters. The van der Waals surface area contributed by atoms with E-state index in [1.807, 2.05) is 71.0 Å². The van der Waals surface area contributed by atoms with E-state index in [4.69, 9.17) is 4.98 Å². The molecule has 1 aliphatic rings. The van der Waals surface area contributed by atoms with Crippen molar-refractivity contribution in [3.05, 3.63) is 59.4 Å². The van der Waals surface area contributed by atoms with Crippen LogP contribution in [0.15, 0.2) is 42.5 Å². The van der Waals surface area contributed by atoms with Crippen molar-refractivity contribution in [2.24, 2.45) is 5.92 Å². The minimum atomic E-state index is -0.199. The fraction of sp³-hybridized carbons (Fsp3) is 0.429. The summed E-state index contributed by atoms with van der Waals surface area (Å²) in [6.45, 7) is 10.5. The van der Waals surface area contributed by atoms with Gasteiger partial charge in [-0.15, -0.1) is 0 Å². The van der Waals surface area contributed by atoms with Crippen LogP contribution in [0.5, 0.6) is 0 Å². The first-order chi connectivity index (χ1) is 17.1. The van der Waals surface area contributed by atoms with Crippen molar-refractivity contribution in [2.75, 3.05) is 11.9 Å². The summed E-state index contributed by atoms with van der Waals surface area (Å²) in [5, 5.41) is 5.91. The van der Waals surface area contributed by atoms with E-state index in [0.717, 1.165) is 16.9 Å². The third-order valence-corrected chi connectivity index (χ3v) is 6.62. The van der Waals surface area contributed by atoms with Crippen LogP contribution in [0, 0.1) is 12.8 Å². The number of aryl methyl sites for hydroxylation is 1. The van der Waals surface area contributed by atoms with Crippen LogP contribution >= 0.6 is 0 Å². The molecule has 0 saturated carbocycles. The molecular weight excluding hydrogens is 454 g/mol. The van der Waals surface area contributed by atoms with Crippen LogP contribution in [0.25, 0.3) is 11.0 Å². The zero-order valence-electron chi connectivity index (χ0n) is 21.7. The van der Waals surface area contributed by atoms with Gasteiger partial charge in [0.25, 0.3) is 5.91 Å². The summed E-state index contributed by atoms with van der Waals surface area (Å²) >= 11 is 0. The Hall–Kier alpha value is -3.68. The lowest BCUT2D eigenvalue weighted by Gasteiger charge is -2.30. The summed E-state index contributed by atoms with van der Waals surface area (Å²) in [5.41, 5.74) is 3.54. The third kappa shape index (κ3) is 5.42. The van der Waals surface area contributed by atoms with Crippen molar-refractivity contribution in [1.82, 2.24) is 19.8 Å². The molecule has 2 aromatic carbocycles. The summed E-state index contributed by atoms with van der Waals surface area (Å²) in [6.07, 6.45) is 1.19. The molecule has 1 fully saturated rings. The van der Waals surface area contributed by atoms with E-state index >= 15 is 0 Å². The van der Waals surface area contributed by atoms with E-state index in [1.165, 1.54) is 0 Å². The molecule has 2 N–H and O–H groups in total. The van der Waals surface area contributed by atoms with Crippen LogP contribution in [0.2, 0.25) is 0 Å². The van der Waals surface area contributed by atoms with Crippen LogP contribution in [0.4, 0.5) is 5.69 Å². The van der Waals surface area contributed by atoms with Crippen LogP contribution in [-0.4, -0.2) is 50.8 Å². The molecule has 3 amide bonds. The predicted octanol–water partition coefficient (Wildman–Crippen LogP) is 4.12. The van der Waals surface area contributed by atoms with Crippen LogP contribution < -0.4 is 10.6 Å². The lowest BCUT2D eigenvalue weighted by Crippen LogP contribution is -2.45. The molecule has 1 aliphatic heterocycles. The van der Waals surface area contributed by atoms with Gasteiger partial charge in [-0.25, -0.2) is 4.98 Å². The number of amides is 3. The van der Waals surface area contributed by atoms with Gasteiger partial charge < -0.3 is 20.1 Å². The van der Waals surface area contributed by atoms with Crippen molar-refractivity contribution in [3.8, 4) is 0 Å². The maximum absolute atomic E-state index is 14.1. The van der Waals surface area contributed by atoms with E-state index in [9.17, 15) is 14.4 Å². The number of nitrogens with zero attached hydrogens (tertiary/aromatic N) is 3. The minimum Gasteiger partial charge on any atom is -0.352 e. The zero-order valence-corrected chi connectivity index (χ0v) is 21.7. The number of carbonyl (C=O) groups excluding carboxylic acids is 3. The monoisotopic (exact) mass is 489 g/mol. The number of fused-ring (bicyclic) bond motifs is 1. The van der Waals surface area contributed by atoms with Crippen LogP contribution in [0.3, 0.4) is 0 Å². The van der Waals surface area contributed by atoms with Gasteiger partial charge in [0, 0.05) is 43.2 Å². The quantitative estimate of drug-likeness (QED) is 0.498. The molecule has 2 heterocycles. The first-order valence-corrected chi connectivity index (χ1v) is 12.6. The molecule has 0 spiro atoms. The van der Waals surface area contributed by atoms with Gasteiger partial charge in [-0.05, 0) is 44.9 Å². The van der Waals surface area contributed by atoms with Crippen molar-refractivity contribution in [1.29, 1.82) is 0 Å². The van der Waals surface area contributed by atoms with Gasteiger partial charge in [0.15, 0.2) is 0 Å². The number of benzene rings is 2. The number of nitrogens with one attached hydrogen (secondary N) is 2. The van der Waals surface area contributed by atoms with Gasteiger partial charge in [0.1, 0.15) is 5.82 Å². The van der Waals surface area contributed by atoms with Gasteiger partial charge in [-0.1, -0.05) is 44.2 Å². The third-order valence-electron chi connectivity index (χ3n) is 6.62. The number of hydrogen-bond acceptors (Lipinski definition) is 4. The average Bonchev–Trinajstić information content (AvgIpc) is 3.39. The molecule has 0 bridgehead atoms. The van der Waals surface area contributed by atoms with E-state index in [1.54, 1.807) is 11.0 Å². The largest absolute Gasteiger partial charge is 0.352 e. The summed E-state index contributed by atoms with van der Waals surface area (Å²) in [4.78, 5) is 44.9. The molecule has 36 heavy (non-hydrogen) atoms. The molecule has 8 heteroatoms. The highest BCUT2D eigenvalue weighted by atomic mass is 16.2. The maximum atomic E-state index is 14.1. The number of imidazole rings is 1. The Balaban J connectivity index is 1.81. The number of anilines is 1. The SMILES string of the molecule is Cc1nc2cc(NC(=O)C(C)C)cc(C(=O)N(C[C@H]3CCC(=O)N3)C(C)C)c2n1Cc1ccccc1. The number of rotatable bonds is 8. The fourth-order valence-electron chi connectivity index (χ4n) is 4.60. The predicted molar refractivity (Wildman–Crippen MR) is 141 cm³/mol. The van der Waals surface area contributed by atoms with Crippen LogP contribution in [0.1, 0.15) is 62.3 Å².